The first kappa shape index (κ1) is 14.1. The van der Waals surface area contributed by atoms with Crippen LogP contribution < -0.4 is 4.74 Å². The van der Waals surface area contributed by atoms with E-state index in [2.05, 4.69) is 11.9 Å². The van der Waals surface area contributed by atoms with Crippen molar-refractivity contribution in [1.29, 1.82) is 0 Å². The molecule has 0 saturated carbocycles. The first-order valence-corrected chi connectivity index (χ1v) is 7.05. The lowest BCUT2D eigenvalue weighted by Gasteiger charge is -2.03. The highest BCUT2D eigenvalue weighted by Gasteiger charge is 2.25. The van der Waals surface area contributed by atoms with Crippen molar-refractivity contribution < 1.29 is 18.7 Å². The first-order chi connectivity index (χ1) is 10.8. The Morgan fingerprint density at radius 3 is 2.73 bits per heavy atom. The quantitative estimate of drug-likeness (QED) is 0.626. The van der Waals surface area contributed by atoms with Gasteiger partial charge in [0.1, 0.15) is 5.75 Å². The number of hydrogen-bond acceptors (Lipinski definition) is 5. The first-order valence-electron chi connectivity index (χ1n) is 7.05. The smallest absolute Gasteiger partial charge is 0.363 e. The Morgan fingerprint density at radius 2 is 2.05 bits per heavy atom. The molecular weight excluding hydrogens is 282 g/mol. The van der Waals surface area contributed by atoms with E-state index in [0.717, 1.165) is 17.7 Å². The van der Waals surface area contributed by atoms with Crippen molar-refractivity contribution in [2.45, 2.75) is 13.3 Å². The maximum Gasteiger partial charge on any atom is 0.363 e. The number of benzene rings is 1. The molecule has 1 aromatic heterocycles. The van der Waals surface area contributed by atoms with Crippen LogP contribution in [0.5, 0.6) is 5.75 Å². The number of rotatable bonds is 5. The average Bonchev–Trinajstić information content (AvgIpc) is 3.17. The highest BCUT2D eigenvalue weighted by atomic mass is 16.6. The SMILES string of the molecule is CCCOc1ccc(/C=C2/N=C(c3ccco3)OC2=O)cc1. The van der Waals surface area contributed by atoms with Gasteiger partial charge in [0.25, 0.3) is 5.90 Å². The summed E-state index contributed by atoms with van der Waals surface area (Å²) < 4.78 is 15.8. The van der Waals surface area contributed by atoms with Crippen molar-refractivity contribution in [3.8, 4) is 5.75 Å². The molecule has 0 radical (unpaired) electrons. The number of aliphatic imine (C=N–C) groups is 1. The molecule has 1 aliphatic rings. The largest absolute Gasteiger partial charge is 0.494 e. The molecule has 0 amide bonds. The van der Waals surface area contributed by atoms with Gasteiger partial charge in [0, 0.05) is 0 Å². The third kappa shape index (κ3) is 3.09. The summed E-state index contributed by atoms with van der Waals surface area (Å²) in [5, 5.41) is 0. The Bertz CT molecular complexity index is 712. The lowest BCUT2D eigenvalue weighted by atomic mass is 10.2. The molecule has 0 atom stereocenters. The minimum atomic E-state index is -0.488. The number of cyclic esters (lactones) is 1. The van der Waals surface area contributed by atoms with E-state index in [1.165, 1.54) is 6.26 Å². The lowest BCUT2D eigenvalue weighted by molar-refractivity contribution is -0.130. The zero-order chi connectivity index (χ0) is 15.4. The second kappa shape index (κ2) is 6.30. The highest BCUT2D eigenvalue weighted by Crippen LogP contribution is 2.20. The van der Waals surface area contributed by atoms with Gasteiger partial charge < -0.3 is 13.9 Å². The van der Waals surface area contributed by atoms with Crippen molar-refractivity contribution in [2.24, 2.45) is 4.99 Å². The molecule has 1 aliphatic heterocycles. The van der Waals surface area contributed by atoms with Gasteiger partial charge in [0.15, 0.2) is 11.5 Å². The van der Waals surface area contributed by atoms with Gasteiger partial charge in [-0.3, -0.25) is 0 Å². The minimum Gasteiger partial charge on any atom is -0.494 e. The van der Waals surface area contributed by atoms with Gasteiger partial charge in [0.05, 0.1) is 12.9 Å². The van der Waals surface area contributed by atoms with Crippen LogP contribution in [0.3, 0.4) is 0 Å². The third-order valence-electron chi connectivity index (χ3n) is 3.01. The Kier molecular flexibility index (Phi) is 4.05. The summed E-state index contributed by atoms with van der Waals surface area (Å²) in [6, 6.07) is 10.9. The zero-order valence-electron chi connectivity index (χ0n) is 12.1. The van der Waals surface area contributed by atoms with Crippen molar-refractivity contribution in [2.75, 3.05) is 6.61 Å². The second-order valence-electron chi connectivity index (χ2n) is 4.73. The summed E-state index contributed by atoms with van der Waals surface area (Å²) in [7, 11) is 0. The number of carbonyl (C=O) groups excluding carboxylic acids is 1. The molecule has 2 aromatic rings. The Morgan fingerprint density at radius 1 is 1.23 bits per heavy atom. The molecule has 2 heterocycles. The minimum absolute atomic E-state index is 0.184. The molecule has 1 aromatic carbocycles. The number of ether oxygens (including phenoxy) is 2. The van der Waals surface area contributed by atoms with Crippen LogP contribution in [0.4, 0.5) is 0 Å². The number of carbonyl (C=O) groups is 1. The van der Waals surface area contributed by atoms with Crippen LogP contribution >= 0.6 is 0 Å². The monoisotopic (exact) mass is 297 g/mol. The summed E-state index contributed by atoms with van der Waals surface area (Å²) in [6.45, 7) is 2.74. The third-order valence-corrected chi connectivity index (χ3v) is 3.01. The Balaban J connectivity index is 1.78. The second-order valence-corrected chi connectivity index (χ2v) is 4.73. The van der Waals surface area contributed by atoms with Gasteiger partial charge in [-0.2, -0.15) is 0 Å². The maximum absolute atomic E-state index is 11.8. The van der Waals surface area contributed by atoms with Crippen LogP contribution in [-0.4, -0.2) is 18.5 Å². The van der Waals surface area contributed by atoms with Gasteiger partial charge in [-0.25, -0.2) is 9.79 Å². The van der Waals surface area contributed by atoms with E-state index in [1.54, 1.807) is 18.2 Å². The Hall–Kier alpha value is -2.82. The number of esters is 1. The molecule has 0 N–H and O–H groups in total. The predicted molar refractivity (Wildman–Crippen MR) is 81.5 cm³/mol. The molecule has 5 nitrogen and oxygen atoms in total. The van der Waals surface area contributed by atoms with Crippen molar-refractivity contribution >= 4 is 17.9 Å². The molecule has 0 fully saturated rings. The normalized spacial score (nSPS) is 15.8. The molecule has 0 aliphatic carbocycles. The Labute approximate surface area is 127 Å². The van der Waals surface area contributed by atoms with E-state index in [0.29, 0.717) is 12.4 Å². The van der Waals surface area contributed by atoms with Gasteiger partial charge >= 0.3 is 5.97 Å². The molecule has 112 valence electrons. The molecule has 0 bridgehead atoms. The molecule has 5 heteroatoms. The van der Waals surface area contributed by atoms with E-state index >= 15 is 0 Å². The van der Waals surface area contributed by atoms with Crippen molar-refractivity contribution in [3.05, 3.63) is 59.7 Å². The van der Waals surface area contributed by atoms with Crippen LogP contribution in [-0.2, 0) is 9.53 Å². The fourth-order valence-corrected chi connectivity index (χ4v) is 1.95. The summed E-state index contributed by atoms with van der Waals surface area (Å²) in [5.41, 5.74) is 1.09. The molecular formula is C17H15NO4. The van der Waals surface area contributed by atoms with Gasteiger partial charge in [-0.1, -0.05) is 19.1 Å². The molecule has 22 heavy (non-hydrogen) atoms. The summed E-state index contributed by atoms with van der Waals surface area (Å²) >= 11 is 0. The predicted octanol–water partition coefficient (Wildman–Crippen LogP) is 3.41. The highest BCUT2D eigenvalue weighted by molar-refractivity contribution is 6.11. The molecule has 3 rings (SSSR count). The van der Waals surface area contributed by atoms with E-state index < -0.39 is 5.97 Å². The summed E-state index contributed by atoms with van der Waals surface area (Å²) in [4.78, 5) is 16.0. The average molecular weight is 297 g/mol. The van der Waals surface area contributed by atoms with Crippen LogP contribution in [0, 0.1) is 0 Å². The summed E-state index contributed by atoms with van der Waals surface area (Å²) in [5.74, 6) is 0.930. The van der Waals surface area contributed by atoms with E-state index in [-0.39, 0.29) is 11.6 Å². The standard InChI is InChI=1S/C17H15NO4/c1-2-9-20-13-7-5-12(6-8-13)11-14-17(19)22-16(18-14)15-4-3-10-21-15/h3-8,10-11H,2,9H2,1H3/b14-11+. The van der Waals surface area contributed by atoms with Crippen LogP contribution in [0.25, 0.3) is 6.08 Å². The zero-order valence-corrected chi connectivity index (χ0v) is 12.1. The van der Waals surface area contributed by atoms with Crippen molar-refractivity contribution in [1.82, 2.24) is 0 Å². The number of hydrogen-bond donors (Lipinski definition) is 0. The molecule has 0 saturated heterocycles. The van der Waals surface area contributed by atoms with E-state index in [1.807, 2.05) is 24.3 Å². The fraction of sp³-hybridized carbons (Fsp3) is 0.176. The van der Waals surface area contributed by atoms with Crippen LogP contribution in [0.15, 0.2) is 57.8 Å². The van der Waals surface area contributed by atoms with Gasteiger partial charge in [-0.15, -0.1) is 0 Å². The lowest BCUT2D eigenvalue weighted by Crippen LogP contribution is -2.04. The number of nitrogens with zero attached hydrogens (tertiary/aromatic N) is 1. The number of furan rings is 1. The van der Waals surface area contributed by atoms with E-state index in [9.17, 15) is 4.79 Å². The van der Waals surface area contributed by atoms with Gasteiger partial charge in [-0.05, 0) is 42.3 Å². The van der Waals surface area contributed by atoms with Crippen LogP contribution in [0.1, 0.15) is 24.7 Å². The summed E-state index contributed by atoms with van der Waals surface area (Å²) in [6.07, 6.45) is 4.13. The van der Waals surface area contributed by atoms with Crippen LogP contribution in [0.2, 0.25) is 0 Å². The van der Waals surface area contributed by atoms with Gasteiger partial charge in [0.2, 0.25) is 0 Å². The fourth-order valence-electron chi connectivity index (χ4n) is 1.95. The van der Waals surface area contributed by atoms with E-state index in [4.69, 9.17) is 13.9 Å². The maximum atomic E-state index is 11.8. The van der Waals surface area contributed by atoms with Crippen molar-refractivity contribution in [3.63, 3.8) is 0 Å². The topological polar surface area (TPSA) is 61.0 Å². The molecule has 0 spiro atoms. The molecule has 0 unspecified atom stereocenters.